The van der Waals surface area contributed by atoms with E-state index in [1.807, 2.05) is 12.3 Å². The molecule has 0 saturated heterocycles. The summed E-state index contributed by atoms with van der Waals surface area (Å²) in [4.78, 5) is 18.7. The maximum Gasteiger partial charge on any atom is 0.254 e. The second-order valence-electron chi connectivity index (χ2n) is 6.84. The van der Waals surface area contributed by atoms with E-state index in [4.69, 9.17) is 14.6 Å². The molecule has 0 radical (unpaired) electrons. The minimum absolute atomic E-state index is 0.000909. The van der Waals surface area contributed by atoms with Crippen LogP contribution in [0.3, 0.4) is 0 Å². The van der Waals surface area contributed by atoms with Gasteiger partial charge in [0.1, 0.15) is 6.61 Å². The Morgan fingerprint density at radius 3 is 2.65 bits per heavy atom. The standard InChI is InChI=1S/C21H23N3O5S2/c1-14(15-5-4-6-18(9-15)31(22,26)27)24(2)21(25)16-7-8-19(20(10-16)28-3)29-11-17-12-30-13-23-17/h4-10,12-14H,11H2,1-3H3,(H2,22,26,27). The third kappa shape index (κ3) is 5.40. The minimum Gasteiger partial charge on any atom is -0.493 e. The molecule has 2 aromatic carbocycles. The molecule has 31 heavy (non-hydrogen) atoms. The van der Waals surface area contributed by atoms with E-state index in [9.17, 15) is 13.2 Å². The Balaban J connectivity index is 1.78. The Morgan fingerprint density at radius 1 is 1.23 bits per heavy atom. The molecular formula is C21H23N3O5S2. The fourth-order valence-electron chi connectivity index (χ4n) is 2.93. The first-order valence-corrected chi connectivity index (χ1v) is 11.8. The van der Waals surface area contributed by atoms with Crippen LogP contribution in [0.5, 0.6) is 11.5 Å². The van der Waals surface area contributed by atoms with Crippen LogP contribution in [0.15, 0.2) is 58.3 Å². The molecule has 10 heteroatoms. The number of hydrogen-bond donors (Lipinski definition) is 1. The van der Waals surface area contributed by atoms with Crippen molar-refractivity contribution in [2.45, 2.75) is 24.5 Å². The molecular weight excluding hydrogens is 438 g/mol. The topological polar surface area (TPSA) is 112 Å². The minimum atomic E-state index is -3.83. The van der Waals surface area contributed by atoms with Crippen LogP contribution in [0, 0.1) is 0 Å². The van der Waals surface area contributed by atoms with Crippen molar-refractivity contribution < 1.29 is 22.7 Å². The molecule has 8 nitrogen and oxygen atoms in total. The van der Waals surface area contributed by atoms with Crippen LogP contribution in [0.2, 0.25) is 0 Å². The summed E-state index contributed by atoms with van der Waals surface area (Å²) in [6.45, 7) is 2.10. The van der Waals surface area contributed by atoms with Gasteiger partial charge in [0, 0.05) is 18.0 Å². The van der Waals surface area contributed by atoms with Gasteiger partial charge in [-0.25, -0.2) is 18.5 Å². The quantitative estimate of drug-likeness (QED) is 0.551. The number of carbonyl (C=O) groups excluding carboxylic acids is 1. The van der Waals surface area contributed by atoms with Gasteiger partial charge in [-0.1, -0.05) is 12.1 Å². The SMILES string of the molecule is COc1cc(C(=O)N(C)C(C)c2cccc(S(N)(=O)=O)c2)ccc1OCc1cscn1. The van der Waals surface area contributed by atoms with Gasteiger partial charge in [0.05, 0.1) is 29.3 Å². The highest BCUT2D eigenvalue weighted by Gasteiger charge is 2.21. The van der Waals surface area contributed by atoms with E-state index in [1.54, 1.807) is 42.9 Å². The van der Waals surface area contributed by atoms with Crippen LogP contribution < -0.4 is 14.6 Å². The number of benzene rings is 2. The second kappa shape index (κ2) is 9.46. The van der Waals surface area contributed by atoms with Crippen molar-refractivity contribution in [1.29, 1.82) is 0 Å². The summed E-state index contributed by atoms with van der Waals surface area (Å²) in [6, 6.07) is 10.8. The Bertz CT molecular complexity index is 1160. The number of thiazole rings is 1. The molecule has 2 N–H and O–H groups in total. The van der Waals surface area contributed by atoms with Crippen molar-refractivity contribution >= 4 is 27.3 Å². The largest absolute Gasteiger partial charge is 0.493 e. The third-order valence-electron chi connectivity index (χ3n) is 4.84. The Kier molecular flexibility index (Phi) is 6.94. The number of nitrogens with two attached hydrogens (primary N) is 1. The normalized spacial score (nSPS) is 12.3. The molecule has 0 aliphatic rings. The predicted molar refractivity (Wildman–Crippen MR) is 118 cm³/mol. The molecule has 1 atom stereocenters. The van der Waals surface area contributed by atoms with Gasteiger partial charge in [-0.05, 0) is 42.8 Å². The van der Waals surface area contributed by atoms with Crippen LogP contribution in [-0.4, -0.2) is 38.4 Å². The third-order valence-corrected chi connectivity index (χ3v) is 6.39. The maximum atomic E-state index is 13.0. The lowest BCUT2D eigenvalue weighted by molar-refractivity contribution is 0.0742. The molecule has 3 rings (SSSR count). The Labute approximate surface area is 185 Å². The van der Waals surface area contributed by atoms with Crippen molar-refractivity contribution in [3.63, 3.8) is 0 Å². The van der Waals surface area contributed by atoms with E-state index in [2.05, 4.69) is 4.98 Å². The fraction of sp³-hybridized carbons (Fsp3) is 0.238. The van der Waals surface area contributed by atoms with Crippen LogP contribution in [-0.2, 0) is 16.6 Å². The zero-order valence-corrected chi connectivity index (χ0v) is 18.9. The number of rotatable bonds is 8. The van der Waals surface area contributed by atoms with Crippen LogP contribution in [0.4, 0.5) is 0 Å². The van der Waals surface area contributed by atoms with Crippen LogP contribution in [0.25, 0.3) is 0 Å². The molecule has 0 bridgehead atoms. The molecule has 0 saturated carbocycles. The van der Waals surface area contributed by atoms with Crippen LogP contribution in [0.1, 0.15) is 34.6 Å². The molecule has 3 aromatic rings. The summed E-state index contributed by atoms with van der Waals surface area (Å²) in [6.07, 6.45) is 0. The first-order chi connectivity index (χ1) is 14.7. The van der Waals surface area contributed by atoms with Crippen molar-refractivity contribution in [1.82, 2.24) is 9.88 Å². The van der Waals surface area contributed by atoms with Gasteiger partial charge in [0.2, 0.25) is 10.0 Å². The average molecular weight is 462 g/mol. The van der Waals surface area contributed by atoms with Crippen molar-refractivity contribution in [3.8, 4) is 11.5 Å². The lowest BCUT2D eigenvalue weighted by Gasteiger charge is -2.26. The summed E-state index contributed by atoms with van der Waals surface area (Å²) < 4.78 is 34.4. The lowest BCUT2D eigenvalue weighted by Crippen LogP contribution is -2.29. The summed E-state index contributed by atoms with van der Waals surface area (Å²) in [5.74, 6) is 0.680. The van der Waals surface area contributed by atoms with Crippen molar-refractivity contribution in [2.24, 2.45) is 5.14 Å². The first-order valence-electron chi connectivity index (χ1n) is 9.28. The number of primary sulfonamides is 1. The number of aromatic nitrogens is 1. The van der Waals surface area contributed by atoms with Gasteiger partial charge >= 0.3 is 0 Å². The van der Waals surface area contributed by atoms with Gasteiger partial charge in [0.15, 0.2) is 11.5 Å². The molecule has 0 aliphatic carbocycles. The monoisotopic (exact) mass is 461 g/mol. The molecule has 1 aromatic heterocycles. The van der Waals surface area contributed by atoms with Crippen molar-refractivity contribution in [2.75, 3.05) is 14.2 Å². The van der Waals surface area contributed by atoms with Gasteiger partial charge in [-0.15, -0.1) is 11.3 Å². The van der Waals surface area contributed by atoms with E-state index in [1.165, 1.54) is 35.5 Å². The zero-order valence-electron chi connectivity index (χ0n) is 17.3. The predicted octanol–water partition coefficient (Wildman–Crippen LogP) is 3.21. The van der Waals surface area contributed by atoms with Gasteiger partial charge in [0.25, 0.3) is 5.91 Å². The fourth-order valence-corrected chi connectivity index (χ4v) is 4.05. The number of sulfonamides is 1. The number of ether oxygens (including phenoxy) is 2. The molecule has 0 fully saturated rings. The van der Waals surface area contributed by atoms with Crippen molar-refractivity contribution in [3.05, 3.63) is 70.2 Å². The number of methoxy groups -OCH3 is 1. The highest BCUT2D eigenvalue weighted by molar-refractivity contribution is 7.89. The summed E-state index contributed by atoms with van der Waals surface area (Å²) in [5, 5.41) is 7.11. The summed E-state index contributed by atoms with van der Waals surface area (Å²) >= 11 is 1.48. The van der Waals surface area contributed by atoms with E-state index >= 15 is 0 Å². The molecule has 0 spiro atoms. The van der Waals surface area contributed by atoms with E-state index < -0.39 is 10.0 Å². The number of amides is 1. The van der Waals surface area contributed by atoms with Gasteiger partial charge < -0.3 is 14.4 Å². The molecule has 1 unspecified atom stereocenters. The van der Waals surface area contributed by atoms with E-state index in [0.717, 1.165) is 5.69 Å². The number of hydrogen-bond acceptors (Lipinski definition) is 7. The average Bonchev–Trinajstić information content (AvgIpc) is 3.29. The second-order valence-corrected chi connectivity index (χ2v) is 9.12. The van der Waals surface area contributed by atoms with Gasteiger partial charge in [-0.2, -0.15) is 0 Å². The van der Waals surface area contributed by atoms with E-state index in [-0.39, 0.29) is 16.8 Å². The molecule has 1 amide bonds. The number of nitrogens with zero attached hydrogens (tertiary/aromatic N) is 2. The van der Waals surface area contributed by atoms with Crippen LogP contribution >= 0.6 is 11.3 Å². The lowest BCUT2D eigenvalue weighted by atomic mass is 10.1. The zero-order chi connectivity index (χ0) is 22.6. The molecule has 1 heterocycles. The van der Waals surface area contributed by atoms with Gasteiger partial charge in [-0.3, -0.25) is 4.79 Å². The maximum absolute atomic E-state index is 13.0. The molecule has 164 valence electrons. The smallest absolute Gasteiger partial charge is 0.254 e. The highest BCUT2D eigenvalue weighted by atomic mass is 32.2. The molecule has 0 aliphatic heterocycles. The summed E-state index contributed by atoms with van der Waals surface area (Å²) in [7, 11) is -0.677. The highest BCUT2D eigenvalue weighted by Crippen LogP contribution is 2.30. The van der Waals surface area contributed by atoms with E-state index in [0.29, 0.717) is 29.2 Å². The number of carbonyl (C=O) groups is 1. The summed E-state index contributed by atoms with van der Waals surface area (Å²) in [5.41, 5.74) is 3.60. The Hall–Kier alpha value is -2.95. The first kappa shape index (κ1) is 22.7. The Morgan fingerprint density at radius 2 is 2.00 bits per heavy atom.